The molecular formula is C11H17N5O4. The predicted octanol–water partition coefficient (Wildman–Crippen LogP) is -0.515. The van der Waals surface area contributed by atoms with Crippen LogP contribution in [-0.2, 0) is 16.1 Å². The molecule has 0 atom stereocenters. The van der Waals surface area contributed by atoms with Crippen molar-refractivity contribution >= 4 is 12.0 Å². The van der Waals surface area contributed by atoms with Crippen LogP contribution in [0, 0.1) is 5.41 Å². The second kappa shape index (κ2) is 6.33. The summed E-state index contributed by atoms with van der Waals surface area (Å²) in [6.45, 7) is 1.07. The van der Waals surface area contributed by atoms with Gasteiger partial charge in [0.05, 0.1) is 12.0 Å². The highest BCUT2D eigenvalue weighted by Crippen LogP contribution is 2.29. The maximum atomic E-state index is 11.6. The Morgan fingerprint density at radius 2 is 2.15 bits per heavy atom. The average Bonchev–Trinajstić information content (AvgIpc) is 2.97. The fourth-order valence-corrected chi connectivity index (χ4v) is 2.02. The van der Waals surface area contributed by atoms with Crippen LogP contribution in [0.2, 0.25) is 0 Å². The van der Waals surface area contributed by atoms with E-state index in [4.69, 9.17) is 4.74 Å². The first kappa shape index (κ1) is 14.3. The van der Waals surface area contributed by atoms with Crippen LogP contribution in [0.5, 0.6) is 0 Å². The SMILES string of the molecule is O=C(NCc1ncn[nH]1)NCC1(C(=O)O)CCOCC1. The van der Waals surface area contributed by atoms with E-state index in [1.807, 2.05) is 0 Å². The van der Waals surface area contributed by atoms with Gasteiger partial charge in [-0.2, -0.15) is 5.10 Å². The Labute approximate surface area is 115 Å². The lowest BCUT2D eigenvalue weighted by atomic mass is 9.80. The van der Waals surface area contributed by atoms with E-state index in [-0.39, 0.29) is 13.1 Å². The van der Waals surface area contributed by atoms with Crippen molar-refractivity contribution in [3.05, 3.63) is 12.2 Å². The molecule has 0 bridgehead atoms. The molecule has 1 saturated heterocycles. The van der Waals surface area contributed by atoms with E-state index in [9.17, 15) is 14.7 Å². The molecule has 0 aromatic carbocycles. The first-order valence-electron chi connectivity index (χ1n) is 6.29. The summed E-state index contributed by atoms with van der Waals surface area (Å²) in [5.74, 6) is -0.379. The lowest BCUT2D eigenvalue weighted by molar-refractivity contribution is -0.154. The number of H-pyrrole nitrogens is 1. The normalized spacial score (nSPS) is 17.4. The molecule has 1 aliphatic heterocycles. The van der Waals surface area contributed by atoms with Crippen molar-refractivity contribution in [2.24, 2.45) is 5.41 Å². The molecule has 9 nitrogen and oxygen atoms in total. The molecule has 1 aliphatic rings. The maximum absolute atomic E-state index is 11.6. The number of urea groups is 1. The van der Waals surface area contributed by atoms with Gasteiger partial charge >= 0.3 is 12.0 Å². The molecule has 2 amide bonds. The summed E-state index contributed by atoms with van der Waals surface area (Å²) in [5.41, 5.74) is -0.943. The van der Waals surface area contributed by atoms with Gasteiger partial charge in [0.2, 0.25) is 0 Å². The van der Waals surface area contributed by atoms with Gasteiger partial charge in [-0.25, -0.2) is 9.78 Å². The van der Waals surface area contributed by atoms with Gasteiger partial charge in [0.15, 0.2) is 0 Å². The molecule has 2 rings (SSSR count). The number of aromatic amines is 1. The summed E-state index contributed by atoms with van der Waals surface area (Å²) >= 11 is 0. The second-order valence-electron chi connectivity index (χ2n) is 4.67. The van der Waals surface area contributed by atoms with Crippen molar-refractivity contribution in [2.75, 3.05) is 19.8 Å². The van der Waals surface area contributed by atoms with Crippen LogP contribution in [0.25, 0.3) is 0 Å². The van der Waals surface area contributed by atoms with E-state index < -0.39 is 17.4 Å². The molecule has 1 aromatic heterocycles. The predicted molar refractivity (Wildman–Crippen MR) is 66.7 cm³/mol. The van der Waals surface area contributed by atoms with Gasteiger partial charge in [0, 0.05) is 19.8 Å². The minimum absolute atomic E-state index is 0.0773. The van der Waals surface area contributed by atoms with Crippen molar-refractivity contribution in [3.63, 3.8) is 0 Å². The first-order chi connectivity index (χ1) is 9.62. The first-order valence-corrected chi connectivity index (χ1v) is 6.29. The average molecular weight is 283 g/mol. The van der Waals surface area contributed by atoms with Crippen LogP contribution in [-0.4, -0.2) is 52.0 Å². The summed E-state index contributed by atoms with van der Waals surface area (Å²) in [7, 11) is 0. The third-order valence-electron chi connectivity index (χ3n) is 3.37. The number of hydrogen-bond acceptors (Lipinski definition) is 5. The lowest BCUT2D eigenvalue weighted by Crippen LogP contribution is -2.48. The number of carbonyl (C=O) groups is 2. The Kier molecular flexibility index (Phi) is 4.51. The highest BCUT2D eigenvalue weighted by molar-refractivity contribution is 5.78. The molecule has 0 aliphatic carbocycles. The van der Waals surface area contributed by atoms with Gasteiger partial charge in [-0.1, -0.05) is 0 Å². The number of nitrogens with one attached hydrogen (secondary N) is 3. The van der Waals surface area contributed by atoms with E-state index in [0.29, 0.717) is 31.9 Å². The largest absolute Gasteiger partial charge is 0.481 e. The van der Waals surface area contributed by atoms with Gasteiger partial charge in [-0.15, -0.1) is 0 Å². The van der Waals surface area contributed by atoms with E-state index in [0.717, 1.165) is 0 Å². The number of carbonyl (C=O) groups excluding carboxylic acids is 1. The molecule has 110 valence electrons. The standard InChI is InChI=1S/C11H17N5O4/c17-9(18)11(1-3-20-4-2-11)6-13-10(19)12-5-8-14-7-15-16-8/h7H,1-6H2,(H,17,18)(H2,12,13,19)(H,14,15,16). The fraction of sp³-hybridized carbons (Fsp3) is 0.636. The van der Waals surface area contributed by atoms with Crippen LogP contribution >= 0.6 is 0 Å². The number of aliphatic carboxylic acids is 1. The molecular weight excluding hydrogens is 266 g/mol. The molecule has 20 heavy (non-hydrogen) atoms. The Morgan fingerprint density at radius 1 is 1.40 bits per heavy atom. The third-order valence-corrected chi connectivity index (χ3v) is 3.37. The minimum Gasteiger partial charge on any atom is -0.481 e. The number of nitrogens with zero attached hydrogens (tertiary/aromatic N) is 2. The summed E-state index contributed by atoms with van der Waals surface area (Å²) < 4.78 is 5.17. The number of ether oxygens (including phenoxy) is 1. The molecule has 2 heterocycles. The van der Waals surface area contributed by atoms with Crippen molar-refractivity contribution in [2.45, 2.75) is 19.4 Å². The number of rotatable bonds is 5. The molecule has 0 saturated carbocycles. The van der Waals surface area contributed by atoms with E-state index >= 15 is 0 Å². The monoisotopic (exact) mass is 283 g/mol. The molecule has 0 unspecified atom stereocenters. The molecule has 1 fully saturated rings. The quantitative estimate of drug-likeness (QED) is 0.575. The molecule has 9 heteroatoms. The van der Waals surface area contributed by atoms with Crippen molar-refractivity contribution < 1.29 is 19.4 Å². The Morgan fingerprint density at radius 3 is 2.75 bits per heavy atom. The topological polar surface area (TPSA) is 129 Å². The van der Waals surface area contributed by atoms with Crippen molar-refractivity contribution in [1.29, 1.82) is 0 Å². The molecule has 0 spiro atoms. The van der Waals surface area contributed by atoms with Crippen LogP contribution < -0.4 is 10.6 Å². The van der Waals surface area contributed by atoms with Gasteiger partial charge in [0.25, 0.3) is 0 Å². The van der Waals surface area contributed by atoms with Gasteiger partial charge in [-0.05, 0) is 12.8 Å². The highest BCUT2D eigenvalue weighted by atomic mass is 16.5. The zero-order chi connectivity index (χ0) is 14.4. The maximum Gasteiger partial charge on any atom is 0.315 e. The van der Waals surface area contributed by atoms with Crippen LogP contribution in [0.1, 0.15) is 18.7 Å². The summed E-state index contributed by atoms with van der Waals surface area (Å²) in [6, 6.07) is -0.437. The Hall–Kier alpha value is -2.16. The number of aromatic nitrogens is 3. The zero-order valence-corrected chi connectivity index (χ0v) is 10.9. The molecule has 1 aromatic rings. The van der Waals surface area contributed by atoms with Crippen LogP contribution in [0.3, 0.4) is 0 Å². The molecule has 0 radical (unpaired) electrons. The summed E-state index contributed by atoms with van der Waals surface area (Å²) in [5, 5.41) is 20.8. The number of carboxylic acid groups (broad SMARTS) is 1. The van der Waals surface area contributed by atoms with Gasteiger partial charge in [-0.3, -0.25) is 9.89 Å². The Balaban J connectivity index is 1.80. The minimum atomic E-state index is -0.943. The third kappa shape index (κ3) is 3.44. The van der Waals surface area contributed by atoms with E-state index in [1.54, 1.807) is 0 Å². The second-order valence-corrected chi connectivity index (χ2v) is 4.67. The van der Waals surface area contributed by atoms with E-state index in [1.165, 1.54) is 6.33 Å². The number of amides is 2. The lowest BCUT2D eigenvalue weighted by Gasteiger charge is -2.33. The van der Waals surface area contributed by atoms with Gasteiger partial charge in [0.1, 0.15) is 12.2 Å². The highest BCUT2D eigenvalue weighted by Gasteiger charge is 2.40. The van der Waals surface area contributed by atoms with E-state index in [2.05, 4.69) is 25.8 Å². The van der Waals surface area contributed by atoms with Crippen molar-refractivity contribution in [1.82, 2.24) is 25.8 Å². The Bertz CT molecular complexity index is 455. The van der Waals surface area contributed by atoms with Crippen molar-refractivity contribution in [3.8, 4) is 0 Å². The van der Waals surface area contributed by atoms with Gasteiger partial charge < -0.3 is 20.5 Å². The van der Waals surface area contributed by atoms with Crippen LogP contribution in [0.4, 0.5) is 4.79 Å². The van der Waals surface area contributed by atoms with Crippen LogP contribution in [0.15, 0.2) is 6.33 Å². The summed E-state index contributed by atoms with van der Waals surface area (Å²) in [4.78, 5) is 26.9. The number of carboxylic acids is 1. The smallest absolute Gasteiger partial charge is 0.315 e. The number of hydrogen-bond donors (Lipinski definition) is 4. The fourth-order valence-electron chi connectivity index (χ4n) is 2.02. The molecule has 4 N–H and O–H groups in total. The zero-order valence-electron chi connectivity index (χ0n) is 10.9. The summed E-state index contributed by atoms with van der Waals surface area (Å²) in [6.07, 6.45) is 2.13.